The molecule has 2 nitrogen and oxygen atoms in total. The highest BCUT2D eigenvalue weighted by atomic mass is 35.5. The zero-order chi connectivity index (χ0) is 11.8. The van der Waals surface area contributed by atoms with Gasteiger partial charge in [-0.05, 0) is 42.4 Å². The Labute approximate surface area is 107 Å². The molecule has 0 radical (unpaired) electrons. The van der Waals surface area contributed by atoms with Crippen LogP contribution in [0.2, 0.25) is 0 Å². The fourth-order valence-electron chi connectivity index (χ4n) is 2.98. The van der Waals surface area contributed by atoms with E-state index >= 15 is 0 Å². The van der Waals surface area contributed by atoms with E-state index in [0.29, 0.717) is 18.2 Å². The van der Waals surface area contributed by atoms with Gasteiger partial charge in [-0.15, -0.1) is 11.6 Å². The number of hydrogen-bond acceptors (Lipinski definition) is 1. The maximum atomic E-state index is 11.9. The zero-order valence-corrected chi connectivity index (χ0v) is 10.6. The molecular weight excluding hydrogens is 234 g/mol. The smallest absolute Gasteiger partial charge is 0.227 e. The van der Waals surface area contributed by atoms with Crippen LogP contribution in [0.1, 0.15) is 29.5 Å². The lowest BCUT2D eigenvalue weighted by atomic mass is 9.89. The Balaban J connectivity index is 2.10. The van der Waals surface area contributed by atoms with Crippen molar-refractivity contribution in [2.24, 2.45) is 0 Å². The van der Waals surface area contributed by atoms with E-state index in [9.17, 15) is 4.79 Å². The van der Waals surface area contributed by atoms with E-state index in [2.05, 4.69) is 12.1 Å². The van der Waals surface area contributed by atoms with Gasteiger partial charge in [-0.2, -0.15) is 0 Å². The summed E-state index contributed by atoms with van der Waals surface area (Å²) in [4.78, 5) is 13.9. The molecule has 0 unspecified atom stereocenters. The van der Waals surface area contributed by atoms with E-state index in [1.165, 1.54) is 22.4 Å². The summed E-state index contributed by atoms with van der Waals surface area (Å²) in [6.07, 6.45) is 4.67. The monoisotopic (exact) mass is 249 g/mol. The third-order valence-electron chi connectivity index (χ3n) is 3.72. The summed E-state index contributed by atoms with van der Waals surface area (Å²) in [6.45, 7) is 0.897. The molecular formula is C14H16ClNO. The summed E-state index contributed by atoms with van der Waals surface area (Å²) in [6, 6.07) is 4.48. The molecule has 2 heterocycles. The van der Waals surface area contributed by atoms with E-state index in [0.717, 1.165) is 32.2 Å². The van der Waals surface area contributed by atoms with Crippen LogP contribution in [0.25, 0.3) is 0 Å². The average Bonchev–Trinajstić information content (AvgIpc) is 2.34. The first-order valence-electron chi connectivity index (χ1n) is 6.30. The summed E-state index contributed by atoms with van der Waals surface area (Å²) in [5.41, 5.74) is 5.24. The number of anilines is 1. The minimum atomic E-state index is 0.295. The van der Waals surface area contributed by atoms with Crippen molar-refractivity contribution in [3.63, 3.8) is 0 Å². The number of halogens is 1. The number of amides is 1. The van der Waals surface area contributed by atoms with Crippen molar-refractivity contribution in [1.82, 2.24) is 0 Å². The summed E-state index contributed by atoms with van der Waals surface area (Å²) >= 11 is 5.82. The van der Waals surface area contributed by atoms with Gasteiger partial charge in [0.2, 0.25) is 5.91 Å². The highest BCUT2D eigenvalue weighted by Gasteiger charge is 2.29. The van der Waals surface area contributed by atoms with Crippen LogP contribution >= 0.6 is 11.6 Å². The van der Waals surface area contributed by atoms with Gasteiger partial charge in [-0.25, -0.2) is 0 Å². The molecule has 0 aromatic heterocycles. The zero-order valence-electron chi connectivity index (χ0n) is 9.84. The SMILES string of the molecule is O=C1CCc2cc(CCCl)cc3c2N1CCC3. The molecule has 90 valence electrons. The van der Waals surface area contributed by atoms with Crippen molar-refractivity contribution in [3.05, 3.63) is 28.8 Å². The van der Waals surface area contributed by atoms with Gasteiger partial charge < -0.3 is 4.90 Å². The standard InChI is InChI=1S/C14H16ClNO/c15-6-5-10-8-11-2-1-7-16-13(17)4-3-12(9-10)14(11)16/h8-9H,1-7H2. The fraction of sp³-hybridized carbons (Fsp3) is 0.500. The molecule has 3 rings (SSSR count). The van der Waals surface area contributed by atoms with E-state index in [4.69, 9.17) is 11.6 Å². The number of alkyl halides is 1. The summed E-state index contributed by atoms with van der Waals surface area (Å²) in [5.74, 6) is 0.962. The number of carbonyl (C=O) groups is 1. The van der Waals surface area contributed by atoms with Crippen LogP contribution in [0.3, 0.4) is 0 Å². The quantitative estimate of drug-likeness (QED) is 0.738. The van der Waals surface area contributed by atoms with E-state index in [1.54, 1.807) is 0 Å². The molecule has 3 heteroatoms. The highest BCUT2D eigenvalue weighted by Crippen LogP contribution is 2.36. The molecule has 1 amide bonds. The molecule has 0 N–H and O–H groups in total. The first kappa shape index (κ1) is 11.1. The summed E-state index contributed by atoms with van der Waals surface area (Å²) in [7, 11) is 0. The minimum absolute atomic E-state index is 0.295. The van der Waals surface area contributed by atoms with Crippen LogP contribution < -0.4 is 4.90 Å². The van der Waals surface area contributed by atoms with Crippen LogP contribution in [-0.2, 0) is 24.1 Å². The van der Waals surface area contributed by atoms with Gasteiger partial charge in [0.25, 0.3) is 0 Å². The van der Waals surface area contributed by atoms with E-state index in [-0.39, 0.29) is 0 Å². The molecule has 0 aliphatic carbocycles. The predicted octanol–water partition coefficient (Wildman–Crippen LogP) is 2.69. The minimum Gasteiger partial charge on any atom is -0.312 e. The topological polar surface area (TPSA) is 20.3 Å². The number of aryl methyl sites for hydroxylation is 3. The number of nitrogens with zero attached hydrogens (tertiary/aromatic N) is 1. The summed E-state index contributed by atoms with van der Waals surface area (Å²) in [5, 5.41) is 0. The lowest BCUT2D eigenvalue weighted by Crippen LogP contribution is -2.39. The number of benzene rings is 1. The molecule has 1 aromatic carbocycles. The number of hydrogen-bond donors (Lipinski definition) is 0. The molecule has 0 spiro atoms. The van der Waals surface area contributed by atoms with Crippen molar-refractivity contribution in [2.75, 3.05) is 17.3 Å². The molecule has 17 heavy (non-hydrogen) atoms. The second-order valence-corrected chi connectivity index (χ2v) is 5.23. The third kappa shape index (κ3) is 1.85. The van der Waals surface area contributed by atoms with Crippen LogP contribution in [0.4, 0.5) is 5.69 Å². The molecule has 2 aliphatic heterocycles. The molecule has 0 saturated carbocycles. The Bertz CT molecular complexity index is 452. The van der Waals surface area contributed by atoms with E-state index < -0.39 is 0 Å². The molecule has 0 fully saturated rings. The first-order chi connectivity index (χ1) is 8.29. The van der Waals surface area contributed by atoms with Crippen molar-refractivity contribution in [1.29, 1.82) is 0 Å². The van der Waals surface area contributed by atoms with Crippen LogP contribution in [-0.4, -0.2) is 18.3 Å². The molecule has 0 atom stereocenters. The Morgan fingerprint density at radius 3 is 2.71 bits per heavy atom. The van der Waals surface area contributed by atoms with Gasteiger partial charge in [0, 0.05) is 18.8 Å². The Morgan fingerprint density at radius 1 is 1.18 bits per heavy atom. The van der Waals surface area contributed by atoms with Crippen LogP contribution in [0.15, 0.2) is 12.1 Å². The Morgan fingerprint density at radius 2 is 1.94 bits per heavy atom. The van der Waals surface area contributed by atoms with Crippen LogP contribution in [0.5, 0.6) is 0 Å². The summed E-state index contributed by atoms with van der Waals surface area (Å²) < 4.78 is 0. The number of rotatable bonds is 2. The predicted molar refractivity (Wildman–Crippen MR) is 69.9 cm³/mol. The fourth-order valence-corrected chi connectivity index (χ4v) is 3.20. The molecule has 0 bridgehead atoms. The van der Waals surface area contributed by atoms with Gasteiger partial charge in [0.15, 0.2) is 0 Å². The largest absolute Gasteiger partial charge is 0.312 e. The average molecular weight is 250 g/mol. The Hall–Kier alpha value is -1.02. The second-order valence-electron chi connectivity index (χ2n) is 4.85. The maximum Gasteiger partial charge on any atom is 0.227 e. The van der Waals surface area contributed by atoms with Gasteiger partial charge >= 0.3 is 0 Å². The highest BCUT2D eigenvalue weighted by molar-refractivity contribution is 6.18. The second kappa shape index (κ2) is 4.34. The van der Waals surface area contributed by atoms with Crippen molar-refractivity contribution in [3.8, 4) is 0 Å². The van der Waals surface area contributed by atoms with Crippen molar-refractivity contribution < 1.29 is 4.79 Å². The van der Waals surface area contributed by atoms with Crippen molar-refractivity contribution in [2.45, 2.75) is 32.1 Å². The van der Waals surface area contributed by atoms with Gasteiger partial charge in [0.1, 0.15) is 0 Å². The third-order valence-corrected chi connectivity index (χ3v) is 3.91. The lowest BCUT2D eigenvalue weighted by molar-refractivity contribution is -0.119. The van der Waals surface area contributed by atoms with Gasteiger partial charge in [0.05, 0.1) is 5.69 Å². The normalized spacial score (nSPS) is 18.2. The molecule has 1 aromatic rings. The molecule has 2 aliphatic rings. The first-order valence-corrected chi connectivity index (χ1v) is 6.84. The van der Waals surface area contributed by atoms with Gasteiger partial charge in [-0.3, -0.25) is 4.79 Å². The van der Waals surface area contributed by atoms with Crippen LogP contribution in [0, 0.1) is 0 Å². The lowest BCUT2D eigenvalue weighted by Gasteiger charge is -2.35. The van der Waals surface area contributed by atoms with Gasteiger partial charge in [-0.1, -0.05) is 12.1 Å². The Kier molecular flexibility index (Phi) is 2.83. The molecule has 0 saturated heterocycles. The van der Waals surface area contributed by atoms with E-state index in [1.807, 2.05) is 4.90 Å². The number of carbonyl (C=O) groups excluding carboxylic acids is 1. The van der Waals surface area contributed by atoms with Crippen molar-refractivity contribution >= 4 is 23.2 Å². The maximum absolute atomic E-state index is 11.9.